The van der Waals surface area contributed by atoms with Gasteiger partial charge in [-0.2, -0.15) is 13.2 Å². The average molecular weight is 323 g/mol. The summed E-state index contributed by atoms with van der Waals surface area (Å²) in [7, 11) is 0. The lowest BCUT2D eigenvalue weighted by Gasteiger charge is -2.13. The number of esters is 1. The number of aliphatic carboxylic acids is 1. The third kappa shape index (κ3) is 8.22. The van der Waals surface area contributed by atoms with Crippen molar-refractivity contribution in [3.05, 3.63) is 35.9 Å². The number of alkyl halides is 3. The Kier molecular flexibility index (Phi) is 8.13. The van der Waals surface area contributed by atoms with Crippen molar-refractivity contribution in [3.63, 3.8) is 0 Å². The van der Waals surface area contributed by atoms with Gasteiger partial charge in [-0.25, -0.2) is 4.79 Å². The van der Waals surface area contributed by atoms with Crippen LogP contribution < -0.4 is 5.73 Å². The summed E-state index contributed by atoms with van der Waals surface area (Å²) in [6.07, 6.45) is -5.98. The van der Waals surface area contributed by atoms with Crippen LogP contribution >= 0.6 is 0 Å². The molecule has 2 atom stereocenters. The summed E-state index contributed by atoms with van der Waals surface area (Å²) in [5, 5.41) is 16.2. The summed E-state index contributed by atoms with van der Waals surface area (Å²) in [5.41, 5.74) is 6.29. The van der Waals surface area contributed by atoms with E-state index in [0.717, 1.165) is 5.56 Å². The second-order valence-electron chi connectivity index (χ2n) is 4.16. The monoisotopic (exact) mass is 323 g/mol. The van der Waals surface area contributed by atoms with Crippen molar-refractivity contribution in [1.29, 1.82) is 0 Å². The van der Waals surface area contributed by atoms with Gasteiger partial charge >= 0.3 is 18.1 Å². The molecule has 6 nitrogen and oxygen atoms in total. The molecule has 0 amide bonds. The van der Waals surface area contributed by atoms with E-state index in [1.54, 1.807) is 0 Å². The Morgan fingerprint density at radius 3 is 2.09 bits per heavy atom. The first-order valence-corrected chi connectivity index (χ1v) is 6.00. The van der Waals surface area contributed by atoms with E-state index in [1.165, 1.54) is 6.92 Å². The lowest BCUT2D eigenvalue weighted by Crippen LogP contribution is -2.41. The first kappa shape index (κ1) is 19.9. The van der Waals surface area contributed by atoms with Crippen molar-refractivity contribution in [2.75, 3.05) is 0 Å². The third-order valence-electron chi connectivity index (χ3n) is 2.26. The fraction of sp³-hybridized carbons (Fsp3) is 0.385. The van der Waals surface area contributed by atoms with E-state index < -0.39 is 30.3 Å². The standard InChI is InChI=1S/C11H15NO3.C2HF3O2/c1-8(13)10(12)11(14)15-7-9-5-3-2-4-6-9;3-2(4,5)1(6)7/h2-6,8,10,13H,7,12H2,1H3;(H,6,7)/t8-,10+;/m0./s1. The average Bonchev–Trinajstić information content (AvgIpc) is 2.44. The number of nitrogens with two attached hydrogens (primary N) is 1. The molecule has 9 heteroatoms. The van der Waals surface area contributed by atoms with Crippen LogP contribution in [0.1, 0.15) is 12.5 Å². The van der Waals surface area contributed by atoms with Gasteiger partial charge in [0.1, 0.15) is 12.6 Å². The summed E-state index contributed by atoms with van der Waals surface area (Å²) in [6, 6.07) is 8.32. The molecule has 0 heterocycles. The number of hydrogen-bond donors (Lipinski definition) is 3. The third-order valence-corrected chi connectivity index (χ3v) is 2.26. The van der Waals surface area contributed by atoms with Gasteiger partial charge in [-0.15, -0.1) is 0 Å². The molecule has 1 aromatic rings. The lowest BCUT2D eigenvalue weighted by molar-refractivity contribution is -0.192. The molecular weight excluding hydrogens is 307 g/mol. The SMILES string of the molecule is C[C@H](O)[C@@H](N)C(=O)OCc1ccccc1.O=C(O)C(F)(F)F. The number of hydrogen-bond acceptors (Lipinski definition) is 5. The Morgan fingerprint density at radius 2 is 1.73 bits per heavy atom. The number of aliphatic hydroxyl groups is 1. The van der Waals surface area contributed by atoms with Crippen LogP contribution in [0, 0.1) is 0 Å². The maximum atomic E-state index is 11.3. The second-order valence-corrected chi connectivity index (χ2v) is 4.16. The summed E-state index contributed by atoms with van der Waals surface area (Å²) in [5.74, 6) is -3.35. The lowest BCUT2D eigenvalue weighted by atomic mass is 10.2. The van der Waals surface area contributed by atoms with Gasteiger partial charge in [0.25, 0.3) is 0 Å². The van der Waals surface area contributed by atoms with Crippen LogP contribution in [-0.4, -0.2) is 40.5 Å². The van der Waals surface area contributed by atoms with Crippen LogP contribution in [0.15, 0.2) is 30.3 Å². The zero-order valence-electron chi connectivity index (χ0n) is 11.6. The summed E-state index contributed by atoms with van der Waals surface area (Å²) in [6.45, 7) is 1.63. The van der Waals surface area contributed by atoms with E-state index in [0.29, 0.717) is 0 Å². The van der Waals surface area contributed by atoms with E-state index in [2.05, 4.69) is 0 Å². The fourth-order valence-corrected chi connectivity index (χ4v) is 1.02. The number of halogens is 3. The Labute approximate surface area is 124 Å². The van der Waals surface area contributed by atoms with E-state index in [9.17, 15) is 18.0 Å². The highest BCUT2D eigenvalue weighted by Gasteiger charge is 2.38. The van der Waals surface area contributed by atoms with Gasteiger partial charge in [0.2, 0.25) is 0 Å². The predicted molar refractivity (Wildman–Crippen MR) is 69.6 cm³/mol. The molecule has 0 aliphatic heterocycles. The van der Waals surface area contributed by atoms with E-state index in [4.69, 9.17) is 25.5 Å². The quantitative estimate of drug-likeness (QED) is 0.715. The van der Waals surface area contributed by atoms with Crippen LogP contribution in [0.3, 0.4) is 0 Å². The molecule has 22 heavy (non-hydrogen) atoms. The zero-order valence-corrected chi connectivity index (χ0v) is 11.6. The smallest absolute Gasteiger partial charge is 0.475 e. The minimum Gasteiger partial charge on any atom is -0.475 e. The molecule has 4 N–H and O–H groups in total. The first-order chi connectivity index (χ1) is 10.1. The van der Waals surface area contributed by atoms with Gasteiger partial charge in [-0.1, -0.05) is 30.3 Å². The van der Waals surface area contributed by atoms with Crippen LogP contribution in [0.25, 0.3) is 0 Å². The van der Waals surface area contributed by atoms with Crippen molar-refractivity contribution >= 4 is 11.9 Å². The molecule has 1 aromatic carbocycles. The summed E-state index contributed by atoms with van der Waals surface area (Å²) < 4.78 is 36.7. The van der Waals surface area contributed by atoms with Gasteiger partial charge in [0.05, 0.1) is 6.10 Å². The molecule has 0 fully saturated rings. The van der Waals surface area contributed by atoms with Crippen LogP contribution in [0.5, 0.6) is 0 Å². The molecule has 0 radical (unpaired) electrons. The van der Waals surface area contributed by atoms with Gasteiger partial charge in [-0.3, -0.25) is 4.79 Å². The highest BCUT2D eigenvalue weighted by molar-refractivity contribution is 5.76. The van der Waals surface area contributed by atoms with Crippen LogP contribution in [0.2, 0.25) is 0 Å². The number of carboxylic acid groups (broad SMARTS) is 1. The summed E-state index contributed by atoms with van der Waals surface area (Å²) >= 11 is 0. The van der Waals surface area contributed by atoms with E-state index in [-0.39, 0.29) is 6.61 Å². The van der Waals surface area contributed by atoms with E-state index >= 15 is 0 Å². The molecule has 0 spiro atoms. The van der Waals surface area contributed by atoms with Gasteiger partial charge in [0.15, 0.2) is 0 Å². The second kappa shape index (κ2) is 9.00. The first-order valence-electron chi connectivity index (χ1n) is 6.00. The van der Waals surface area contributed by atoms with Crippen molar-refractivity contribution in [2.24, 2.45) is 5.73 Å². The molecule has 0 aliphatic rings. The zero-order chi connectivity index (χ0) is 17.3. The number of aliphatic hydroxyl groups excluding tert-OH is 1. The fourth-order valence-electron chi connectivity index (χ4n) is 1.02. The molecule has 0 aliphatic carbocycles. The number of carbonyl (C=O) groups excluding carboxylic acids is 1. The van der Waals surface area contributed by atoms with Crippen molar-refractivity contribution in [2.45, 2.75) is 31.9 Å². The van der Waals surface area contributed by atoms with Crippen molar-refractivity contribution in [1.82, 2.24) is 0 Å². The predicted octanol–water partition coefficient (Wildman–Crippen LogP) is 1.07. The minimum atomic E-state index is -5.08. The molecule has 0 saturated heterocycles. The Bertz CT molecular complexity index is 476. The minimum absolute atomic E-state index is 0.181. The van der Waals surface area contributed by atoms with Gasteiger partial charge < -0.3 is 20.7 Å². The topological polar surface area (TPSA) is 110 Å². The van der Waals surface area contributed by atoms with E-state index in [1.807, 2.05) is 30.3 Å². The van der Waals surface area contributed by atoms with Crippen LogP contribution in [-0.2, 0) is 20.9 Å². The number of rotatable bonds is 4. The number of carbonyl (C=O) groups is 2. The van der Waals surface area contributed by atoms with Crippen molar-refractivity contribution in [3.8, 4) is 0 Å². The maximum Gasteiger partial charge on any atom is 0.490 e. The Morgan fingerprint density at radius 1 is 1.27 bits per heavy atom. The largest absolute Gasteiger partial charge is 0.490 e. The normalized spacial score (nSPS) is 13.4. The molecule has 0 aromatic heterocycles. The molecule has 0 unspecified atom stereocenters. The molecule has 124 valence electrons. The highest BCUT2D eigenvalue weighted by atomic mass is 19.4. The summed E-state index contributed by atoms with van der Waals surface area (Å²) in [4.78, 5) is 20.1. The number of benzene rings is 1. The number of carboxylic acids is 1. The molecule has 1 rings (SSSR count). The Balaban J connectivity index is 0.000000534. The number of ether oxygens (including phenoxy) is 1. The van der Waals surface area contributed by atoms with Crippen LogP contribution in [0.4, 0.5) is 13.2 Å². The maximum absolute atomic E-state index is 11.3. The van der Waals surface area contributed by atoms with Gasteiger partial charge in [-0.05, 0) is 12.5 Å². The molecular formula is C13H16F3NO5. The van der Waals surface area contributed by atoms with Crippen molar-refractivity contribution < 1.29 is 37.7 Å². The van der Waals surface area contributed by atoms with Gasteiger partial charge in [0, 0.05) is 0 Å². The highest BCUT2D eigenvalue weighted by Crippen LogP contribution is 2.13. The molecule has 0 saturated carbocycles. The Hall–Kier alpha value is -2.13. The molecule has 0 bridgehead atoms.